The smallest absolute Gasteiger partial charge is 0.323 e. The second-order valence-corrected chi connectivity index (χ2v) is 4.45. The third kappa shape index (κ3) is 3.48. The number of aromatic hydroxyl groups is 1. The van der Waals surface area contributed by atoms with Crippen molar-refractivity contribution in [2.24, 2.45) is 0 Å². The Hall–Kier alpha value is -2.49. The van der Waals surface area contributed by atoms with E-state index in [4.69, 9.17) is 0 Å². The number of aryl methyl sites for hydroxylation is 2. The first-order valence-corrected chi connectivity index (χ1v) is 5.99. The van der Waals surface area contributed by atoms with Gasteiger partial charge in [0, 0.05) is 17.4 Å². The number of benzene rings is 2. The van der Waals surface area contributed by atoms with Crippen molar-refractivity contribution in [2.75, 3.05) is 10.6 Å². The number of carbonyl (C=O) groups is 1. The molecule has 0 atom stereocenters. The number of phenols is 1. The van der Waals surface area contributed by atoms with E-state index in [9.17, 15) is 9.90 Å². The highest BCUT2D eigenvalue weighted by Gasteiger charge is 2.04. The van der Waals surface area contributed by atoms with E-state index in [0.717, 1.165) is 16.8 Å². The topological polar surface area (TPSA) is 61.4 Å². The summed E-state index contributed by atoms with van der Waals surface area (Å²) >= 11 is 0. The number of hydrogen-bond donors (Lipinski definition) is 3. The number of amides is 2. The molecule has 0 unspecified atom stereocenters. The summed E-state index contributed by atoms with van der Waals surface area (Å²) in [7, 11) is 0. The van der Waals surface area contributed by atoms with Crippen molar-refractivity contribution in [1.29, 1.82) is 0 Å². The zero-order chi connectivity index (χ0) is 13.8. The SMILES string of the molecule is Cc1ccc(NC(=O)Nc2ccc(C)c(O)c2)cc1. The Bertz CT molecular complexity index is 592. The summed E-state index contributed by atoms with van der Waals surface area (Å²) in [5.41, 5.74) is 3.17. The van der Waals surface area contributed by atoms with Crippen molar-refractivity contribution in [3.05, 3.63) is 53.6 Å². The van der Waals surface area contributed by atoms with E-state index in [1.807, 2.05) is 31.2 Å². The molecule has 0 saturated carbocycles. The highest BCUT2D eigenvalue weighted by molar-refractivity contribution is 5.99. The minimum Gasteiger partial charge on any atom is -0.508 e. The molecule has 98 valence electrons. The number of nitrogens with one attached hydrogen (secondary N) is 2. The van der Waals surface area contributed by atoms with Gasteiger partial charge in [0.1, 0.15) is 5.75 Å². The Labute approximate surface area is 112 Å². The molecule has 2 rings (SSSR count). The lowest BCUT2D eigenvalue weighted by atomic mass is 10.2. The lowest BCUT2D eigenvalue weighted by Gasteiger charge is -2.09. The lowest BCUT2D eigenvalue weighted by Crippen LogP contribution is -2.19. The van der Waals surface area contributed by atoms with Crippen LogP contribution >= 0.6 is 0 Å². The van der Waals surface area contributed by atoms with Gasteiger partial charge in [-0.25, -0.2) is 4.79 Å². The van der Waals surface area contributed by atoms with Gasteiger partial charge in [0.25, 0.3) is 0 Å². The standard InChI is InChI=1S/C15H16N2O2/c1-10-3-6-12(7-4-10)16-15(19)17-13-8-5-11(2)14(18)9-13/h3-9,18H,1-2H3,(H2,16,17,19). The van der Waals surface area contributed by atoms with Gasteiger partial charge in [-0.3, -0.25) is 0 Å². The molecule has 4 nitrogen and oxygen atoms in total. The van der Waals surface area contributed by atoms with Gasteiger partial charge in [-0.05, 0) is 37.6 Å². The molecule has 0 radical (unpaired) electrons. The summed E-state index contributed by atoms with van der Waals surface area (Å²) in [5.74, 6) is 0.160. The number of anilines is 2. The quantitative estimate of drug-likeness (QED) is 0.768. The summed E-state index contributed by atoms with van der Waals surface area (Å²) < 4.78 is 0. The second kappa shape index (κ2) is 5.44. The number of urea groups is 1. The predicted molar refractivity (Wildman–Crippen MR) is 76.7 cm³/mol. The van der Waals surface area contributed by atoms with Crippen molar-refractivity contribution >= 4 is 17.4 Å². The third-order valence-electron chi connectivity index (χ3n) is 2.78. The summed E-state index contributed by atoms with van der Waals surface area (Å²) in [5, 5.41) is 14.9. The molecule has 4 heteroatoms. The summed E-state index contributed by atoms with van der Waals surface area (Å²) in [6, 6.07) is 12.2. The maximum absolute atomic E-state index is 11.8. The highest BCUT2D eigenvalue weighted by atomic mass is 16.3. The first-order chi connectivity index (χ1) is 9.04. The molecule has 2 aromatic rings. The summed E-state index contributed by atoms with van der Waals surface area (Å²) in [6.45, 7) is 3.78. The average Bonchev–Trinajstić information content (AvgIpc) is 2.37. The van der Waals surface area contributed by atoms with E-state index in [-0.39, 0.29) is 11.8 Å². The first-order valence-electron chi connectivity index (χ1n) is 5.99. The van der Waals surface area contributed by atoms with Gasteiger partial charge >= 0.3 is 6.03 Å². The van der Waals surface area contributed by atoms with Crippen LogP contribution in [0.5, 0.6) is 5.75 Å². The summed E-state index contributed by atoms with van der Waals surface area (Å²) in [6.07, 6.45) is 0. The minimum atomic E-state index is -0.341. The molecule has 0 saturated heterocycles. The molecule has 19 heavy (non-hydrogen) atoms. The Morgan fingerprint density at radius 1 is 0.947 bits per heavy atom. The van der Waals surface area contributed by atoms with Crippen LogP contribution < -0.4 is 10.6 Å². The molecule has 0 heterocycles. The fraction of sp³-hybridized carbons (Fsp3) is 0.133. The van der Waals surface area contributed by atoms with Crippen LogP contribution in [0.15, 0.2) is 42.5 Å². The van der Waals surface area contributed by atoms with Crippen molar-refractivity contribution < 1.29 is 9.90 Å². The maximum Gasteiger partial charge on any atom is 0.323 e. The van der Waals surface area contributed by atoms with Crippen LogP contribution in [0.3, 0.4) is 0 Å². The van der Waals surface area contributed by atoms with Crippen LogP contribution in [-0.2, 0) is 0 Å². The van der Waals surface area contributed by atoms with E-state index in [0.29, 0.717) is 5.69 Å². The lowest BCUT2D eigenvalue weighted by molar-refractivity contribution is 0.262. The van der Waals surface area contributed by atoms with E-state index in [1.165, 1.54) is 6.07 Å². The third-order valence-corrected chi connectivity index (χ3v) is 2.78. The number of phenolic OH excluding ortho intramolecular Hbond substituents is 1. The van der Waals surface area contributed by atoms with Crippen molar-refractivity contribution in [1.82, 2.24) is 0 Å². The molecule has 2 amide bonds. The summed E-state index contributed by atoms with van der Waals surface area (Å²) in [4.78, 5) is 11.8. The van der Waals surface area contributed by atoms with Gasteiger partial charge in [-0.1, -0.05) is 23.8 Å². The first kappa shape index (κ1) is 13.0. The molecular formula is C15H16N2O2. The van der Waals surface area contributed by atoms with Crippen molar-refractivity contribution in [3.63, 3.8) is 0 Å². The van der Waals surface area contributed by atoms with Gasteiger partial charge in [0.05, 0.1) is 0 Å². The molecule has 0 aliphatic carbocycles. The molecule has 2 aromatic carbocycles. The van der Waals surface area contributed by atoms with E-state index in [2.05, 4.69) is 10.6 Å². The van der Waals surface area contributed by atoms with Crippen LogP contribution in [0.25, 0.3) is 0 Å². The van der Waals surface area contributed by atoms with E-state index < -0.39 is 0 Å². The highest BCUT2D eigenvalue weighted by Crippen LogP contribution is 2.21. The Morgan fingerprint density at radius 3 is 2.16 bits per heavy atom. The van der Waals surface area contributed by atoms with Crippen molar-refractivity contribution in [2.45, 2.75) is 13.8 Å². The monoisotopic (exact) mass is 256 g/mol. The van der Waals surface area contributed by atoms with Crippen molar-refractivity contribution in [3.8, 4) is 5.75 Å². The molecule has 0 aliphatic rings. The fourth-order valence-corrected chi connectivity index (χ4v) is 1.62. The fourth-order valence-electron chi connectivity index (χ4n) is 1.62. The largest absolute Gasteiger partial charge is 0.508 e. The van der Waals surface area contributed by atoms with Gasteiger partial charge in [-0.2, -0.15) is 0 Å². The number of rotatable bonds is 2. The zero-order valence-corrected chi connectivity index (χ0v) is 10.9. The Morgan fingerprint density at radius 2 is 1.53 bits per heavy atom. The van der Waals surface area contributed by atoms with Crippen LogP contribution in [0.4, 0.5) is 16.2 Å². The van der Waals surface area contributed by atoms with E-state index in [1.54, 1.807) is 19.1 Å². The molecule has 0 aromatic heterocycles. The molecule has 0 bridgehead atoms. The van der Waals surface area contributed by atoms with Gasteiger partial charge in [0.15, 0.2) is 0 Å². The zero-order valence-electron chi connectivity index (χ0n) is 10.9. The second-order valence-electron chi connectivity index (χ2n) is 4.45. The molecular weight excluding hydrogens is 240 g/mol. The Kier molecular flexibility index (Phi) is 3.71. The molecule has 3 N–H and O–H groups in total. The van der Waals surface area contributed by atoms with Gasteiger partial charge in [0.2, 0.25) is 0 Å². The van der Waals surface area contributed by atoms with Crippen LogP contribution in [-0.4, -0.2) is 11.1 Å². The van der Waals surface area contributed by atoms with E-state index >= 15 is 0 Å². The van der Waals surface area contributed by atoms with Gasteiger partial charge in [-0.15, -0.1) is 0 Å². The minimum absolute atomic E-state index is 0.160. The van der Waals surface area contributed by atoms with Crippen LogP contribution in [0.2, 0.25) is 0 Å². The number of carbonyl (C=O) groups excluding carboxylic acids is 1. The van der Waals surface area contributed by atoms with Crippen LogP contribution in [0, 0.1) is 13.8 Å². The molecule has 0 spiro atoms. The average molecular weight is 256 g/mol. The predicted octanol–water partition coefficient (Wildman–Crippen LogP) is 3.65. The van der Waals surface area contributed by atoms with Crippen LogP contribution in [0.1, 0.15) is 11.1 Å². The molecule has 0 aliphatic heterocycles. The maximum atomic E-state index is 11.8. The van der Waals surface area contributed by atoms with Gasteiger partial charge < -0.3 is 15.7 Å². The Balaban J connectivity index is 2.01. The molecule has 0 fully saturated rings. The normalized spacial score (nSPS) is 10.0. The number of hydrogen-bond acceptors (Lipinski definition) is 2.